The molecule has 0 bridgehead atoms. The van der Waals surface area contributed by atoms with Crippen molar-refractivity contribution in [1.29, 1.82) is 0 Å². The minimum absolute atomic E-state index is 0.114. The molecule has 1 amide bonds. The number of amides is 1. The lowest BCUT2D eigenvalue weighted by molar-refractivity contribution is 0.0951. The van der Waals surface area contributed by atoms with Crippen LogP contribution in [0.4, 0.5) is 10.2 Å². The monoisotopic (exact) mass is 432 g/mol. The third-order valence-electron chi connectivity index (χ3n) is 5.01. The van der Waals surface area contributed by atoms with Crippen molar-refractivity contribution in [2.75, 3.05) is 32.5 Å². The Balaban J connectivity index is 1.53. The lowest BCUT2D eigenvalue weighted by Crippen LogP contribution is -2.31. The Morgan fingerprint density at radius 3 is 2.69 bits per heavy atom. The number of imidazole rings is 1. The van der Waals surface area contributed by atoms with Gasteiger partial charge in [-0.15, -0.1) is 5.10 Å². The smallest absolute Gasteiger partial charge is 0.251 e. The molecule has 8 heteroatoms. The number of rotatable bonds is 8. The zero-order valence-electron chi connectivity index (χ0n) is 18.0. The minimum Gasteiger partial charge on any atom is -0.365 e. The summed E-state index contributed by atoms with van der Waals surface area (Å²) in [6.07, 6.45) is 1.75. The molecule has 0 fully saturated rings. The average molecular weight is 433 g/mol. The number of likely N-dealkylation sites (N-methyl/N-ethyl adjacent to an activating group) is 1. The minimum atomic E-state index is -0.259. The Hall–Kier alpha value is -3.78. The molecule has 0 unspecified atom stereocenters. The molecule has 0 radical (unpaired) electrons. The van der Waals surface area contributed by atoms with Gasteiger partial charge in [-0.1, -0.05) is 24.3 Å². The van der Waals surface area contributed by atoms with Gasteiger partial charge in [0.2, 0.25) is 0 Å². The molecule has 0 saturated heterocycles. The quantitative estimate of drug-likeness (QED) is 0.446. The number of anilines is 1. The molecule has 2 N–H and O–H groups in total. The highest BCUT2D eigenvalue weighted by Crippen LogP contribution is 2.22. The maximum atomic E-state index is 13.1. The van der Waals surface area contributed by atoms with Gasteiger partial charge in [0.05, 0.1) is 11.9 Å². The topological polar surface area (TPSA) is 74.6 Å². The molecule has 164 valence electrons. The Kier molecular flexibility index (Phi) is 6.42. The summed E-state index contributed by atoms with van der Waals surface area (Å²) in [4.78, 5) is 19.0. The largest absolute Gasteiger partial charge is 0.365 e. The van der Waals surface area contributed by atoms with Crippen LogP contribution in [0.5, 0.6) is 0 Å². The normalized spacial score (nSPS) is 11.1. The highest BCUT2D eigenvalue weighted by Gasteiger charge is 2.11. The van der Waals surface area contributed by atoms with Gasteiger partial charge in [0, 0.05) is 30.8 Å². The summed E-state index contributed by atoms with van der Waals surface area (Å²) in [5.74, 6) is 0.292. The fourth-order valence-corrected chi connectivity index (χ4v) is 3.27. The molecule has 4 aromatic rings. The van der Waals surface area contributed by atoms with Crippen molar-refractivity contribution in [2.24, 2.45) is 0 Å². The predicted molar refractivity (Wildman–Crippen MR) is 123 cm³/mol. The van der Waals surface area contributed by atoms with E-state index in [2.05, 4.69) is 20.7 Å². The molecule has 0 atom stereocenters. The van der Waals surface area contributed by atoms with E-state index in [1.165, 1.54) is 12.1 Å². The maximum Gasteiger partial charge on any atom is 0.251 e. The first-order valence-electron chi connectivity index (χ1n) is 10.4. The summed E-state index contributed by atoms with van der Waals surface area (Å²) < 4.78 is 14.8. The lowest BCUT2D eigenvalue weighted by atomic mass is 10.1. The molecule has 7 nitrogen and oxygen atoms in total. The summed E-state index contributed by atoms with van der Waals surface area (Å²) in [6, 6.07) is 17.5. The Morgan fingerprint density at radius 1 is 1.09 bits per heavy atom. The number of carbonyl (C=O) groups excluding carboxylic acids is 1. The van der Waals surface area contributed by atoms with Crippen LogP contribution in [0.15, 0.2) is 66.9 Å². The van der Waals surface area contributed by atoms with E-state index in [1.54, 1.807) is 28.9 Å². The van der Waals surface area contributed by atoms with E-state index in [0.29, 0.717) is 30.1 Å². The van der Waals surface area contributed by atoms with E-state index in [4.69, 9.17) is 0 Å². The van der Waals surface area contributed by atoms with Crippen molar-refractivity contribution in [3.63, 3.8) is 0 Å². The second-order valence-electron chi connectivity index (χ2n) is 7.75. The molecule has 2 aromatic heterocycles. The van der Waals surface area contributed by atoms with E-state index in [9.17, 15) is 9.18 Å². The third-order valence-corrected chi connectivity index (χ3v) is 5.01. The van der Waals surface area contributed by atoms with Gasteiger partial charge in [-0.3, -0.25) is 4.79 Å². The number of aromatic nitrogens is 3. The summed E-state index contributed by atoms with van der Waals surface area (Å²) in [5.41, 5.74) is 3.87. The van der Waals surface area contributed by atoms with Crippen molar-refractivity contribution >= 4 is 17.4 Å². The second-order valence-corrected chi connectivity index (χ2v) is 7.75. The maximum absolute atomic E-state index is 13.1. The Morgan fingerprint density at radius 2 is 1.91 bits per heavy atom. The zero-order chi connectivity index (χ0) is 22.5. The molecule has 0 spiro atoms. The molecular formula is C24H25FN6O. The summed E-state index contributed by atoms with van der Waals surface area (Å²) in [7, 11) is 3.93. The molecule has 4 rings (SSSR count). The van der Waals surface area contributed by atoms with Crippen LogP contribution in [-0.2, 0) is 6.54 Å². The van der Waals surface area contributed by atoms with Crippen molar-refractivity contribution in [3.05, 3.63) is 83.8 Å². The number of benzene rings is 2. The van der Waals surface area contributed by atoms with Crippen molar-refractivity contribution in [2.45, 2.75) is 6.54 Å². The van der Waals surface area contributed by atoms with Gasteiger partial charge in [0.1, 0.15) is 11.6 Å². The van der Waals surface area contributed by atoms with Crippen LogP contribution in [0.1, 0.15) is 15.9 Å². The molecule has 0 aliphatic carbocycles. The molecule has 2 aromatic carbocycles. The van der Waals surface area contributed by atoms with Crippen LogP contribution >= 0.6 is 0 Å². The van der Waals surface area contributed by atoms with E-state index in [0.717, 1.165) is 23.4 Å². The standard InChI is InChI=1S/C24H25FN6O/c1-30(2)13-12-26-24(32)19-5-3-4-18(14-19)21-16-28-23-11-10-22(29-31(21)23)27-15-17-6-8-20(25)9-7-17/h3-11,14,16H,12-13,15H2,1-2H3,(H,26,32)(H,27,29). The number of nitrogens with one attached hydrogen (secondary N) is 2. The number of nitrogens with zero attached hydrogens (tertiary/aromatic N) is 4. The van der Waals surface area contributed by atoms with Crippen molar-refractivity contribution < 1.29 is 9.18 Å². The summed E-state index contributed by atoms with van der Waals surface area (Å²) in [5, 5.41) is 10.8. The average Bonchev–Trinajstić information content (AvgIpc) is 3.22. The van der Waals surface area contributed by atoms with Crippen molar-refractivity contribution in [1.82, 2.24) is 24.8 Å². The highest BCUT2D eigenvalue weighted by atomic mass is 19.1. The van der Waals surface area contributed by atoms with Crippen LogP contribution in [0.2, 0.25) is 0 Å². The number of halogens is 1. The van der Waals surface area contributed by atoms with Gasteiger partial charge in [-0.05, 0) is 56.1 Å². The number of carbonyl (C=O) groups is 1. The first-order chi connectivity index (χ1) is 15.5. The van der Waals surface area contributed by atoms with Crippen LogP contribution in [0.25, 0.3) is 16.9 Å². The number of hydrogen-bond acceptors (Lipinski definition) is 5. The van der Waals surface area contributed by atoms with Gasteiger partial charge in [-0.25, -0.2) is 13.9 Å². The van der Waals surface area contributed by atoms with Crippen molar-refractivity contribution in [3.8, 4) is 11.3 Å². The zero-order valence-corrected chi connectivity index (χ0v) is 18.0. The van der Waals surface area contributed by atoms with E-state index >= 15 is 0 Å². The third kappa shape index (κ3) is 5.09. The fraction of sp³-hybridized carbons (Fsp3) is 0.208. The van der Waals surface area contributed by atoms with Gasteiger partial charge in [-0.2, -0.15) is 0 Å². The van der Waals surface area contributed by atoms with Crippen LogP contribution in [-0.4, -0.2) is 52.6 Å². The van der Waals surface area contributed by atoms with Gasteiger partial charge < -0.3 is 15.5 Å². The second kappa shape index (κ2) is 9.57. The number of fused-ring (bicyclic) bond motifs is 1. The molecule has 2 heterocycles. The molecule has 32 heavy (non-hydrogen) atoms. The Labute approximate surface area is 185 Å². The van der Waals surface area contributed by atoms with Crippen LogP contribution < -0.4 is 10.6 Å². The van der Waals surface area contributed by atoms with Gasteiger partial charge >= 0.3 is 0 Å². The lowest BCUT2D eigenvalue weighted by Gasteiger charge is -2.11. The fourth-order valence-electron chi connectivity index (χ4n) is 3.27. The Bertz CT molecular complexity index is 1220. The molecule has 0 aliphatic rings. The van der Waals surface area contributed by atoms with E-state index < -0.39 is 0 Å². The van der Waals surface area contributed by atoms with Gasteiger partial charge in [0.25, 0.3) is 5.91 Å². The molecular weight excluding hydrogens is 407 g/mol. The first-order valence-corrected chi connectivity index (χ1v) is 10.4. The van der Waals surface area contributed by atoms with Crippen LogP contribution in [0.3, 0.4) is 0 Å². The van der Waals surface area contributed by atoms with Crippen LogP contribution in [0, 0.1) is 5.82 Å². The molecule has 0 saturated carbocycles. The predicted octanol–water partition coefficient (Wildman–Crippen LogP) is 3.44. The van der Waals surface area contributed by atoms with E-state index in [1.807, 2.05) is 49.3 Å². The summed E-state index contributed by atoms with van der Waals surface area (Å²) in [6.45, 7) is 1.87. The summed E-state index contributed by atoms with van der Waals surface area (Å²) >= 11 is 0. The first kappa shape index (κ1) is 21.5. The number of hydrogen-bond donors (Lipinski definition) is 2. The van der Waals surface area contributed by atoms with Gasteiger partial charge in [0.15, 0.2) is 5.65 Å². The van der Waals surface area contributed by atoms with E-state index in [-0.39, 0.29) is 11.7 Å². The molecule has 0 aliphatic heterocycles. The highest BCUT2D eigenvalue weighted by molar-refractivity contribution is 5.95. The SMILES string of the molecule is CN(C)CCNC(=O)c1cccc(-c2cnc3ccc(NCc4ccc(F)cc4)nn23)c1.